The molecule has 18 nitrogen and oxygen atoms in total. The van der Waals surface area contributed by atoms with E-state index < -0.39 is 108 Å². The minimum atomic E-state index is -6.31. The molecule has 42 heteroatoms. The fourth-order valence-corrected chi connectivity index (χ4v) is 12.7. The summed E-state index contributed by atoms with van der Waals surface area (Å²) in [6.45, 7) is 27.0. The quantitative estimate of drug-likeness (QED) is 0.0240. The van der Waals surface area contributed by atoms with Crippen molar-refractivity contribution < 1.29 is 161 Å². The van der Waals surface area contributed by atoms with E-state index in [0.717, 1.165) is 12.8 Å². The largest absolute Gasteiger partial charge is 0.424 e. The van der Waals surface area contributed by atoms with Gasteiger partial charge in [-0.2, -0.15) is 79.0 Å². The van der Waals surface area contributed by atoms with E-state index >= 15 is 0 Å². The molecule has 0 amide bonds. The Balaban J connectivity index is -0.000000257. The number of halogens is 18. The summed E-state index contributed by atoms with van der Waals surface area (Å²) >= 11 is 0. The molecule has 0 rings (SSSR count). The lowest BCUT2D eigenvalue weighted by atomic mass is 10.1. The van der Waals surface area contributed by atoms with Crippen LogP contribution in [0.25, 0.3) is 0 Å². The van der Waals surface area contributed by atoms with E-state index in [1.165, 1.54) is 122 Å². The molecule has 0 fully saturated rings. The van der Waals surface area contributed by atoms with Crippen molar-refractivity contribution in [3.05, 3.63) is 25.3 Å². The molecule has 0 spiro atoms. The topological polar surface area (TPSA) is 213 Å². The van der Waals surface area contributed by atoms with Crippen LogP contribution in [0.4, 0.5) is 79.0 Å². The van der Waals surface area contributed by atoms with Gasteiger partial charge in [0.1, 0.15) is 0 Å². The first kappa shape index (κ1) is 104. The molecule has 0 bridgehead atoms. The second-order valence-corrected chi connectivity index (χ2v) is 32.6. The van der Waals surface area contributed by atoms with Gasteiger partial charge in [0.15, 0.2) is 13.2 Å². The number of hydrogen-bond donors (Lipinski definition) is 0. The minimum absolute atomic E-state index is 0.0513. The highest BCUT2D eigenvalue weighted by Crippen LogP contribution is 2.56. The SMILES string of the molecule is C=CCOP(C)(=O)OCC=C.CC(C)OP(C)(=O)OC(C)C.CCCCCCCCCCOP(C)(=O)OCCCCCCCCCC.CCOP(C)(=O)OCC.CP(=O)(OC(C(F)(F)F)C(F)(F)F)OC(C(F)(F)F)C(F)(F)F.CP(=O)(OCC(F)(F)F)OCC(F)(F)F. The number of alkyl halides is 18. The molecule has 0 aromatic rings. The molecule has 94 heavy (non-hydrogen) atoms. The zero-order chi connectivity index (χ0) is 75.2. The Kier molecular flexibility index (Phi) is 57.7. The maximum absolute atomic E-state index is 12.2. The summed E-state index contributed by atoms with van der Waals surface area (Å²) in [5, 5.41) is 0. The van der Waals surface area contributed by atoms with Crippen LogP contribution in [0.5, 0.6) is 0 Å². The summed E-state index contributed by atoms with van der Waals surface area (Å²) in [5.74, 6) is 0. The van der Waals surface area contributed by atoms with Crippen LogP contribution < -0.4 is 0 Å². The minimum Gasteiger partial charge on any atom is -0.309 e. The summed E-state index contributed by atoms with van der Waals surface area (Å²) in [4.78, 5) is 0. The van der Waals surface area contributed by atoms with E-state index in [9.17, 15) is 106 Å². The third kappa shape index (κ3) is 75.3. The first-order chi connectivity index (χ1) is 42.3. The van der Waals surface area contributed by atoms with Gasteiger partial charge in [0.05, 0.1) is 51.8 Å². The van der Waals surface area contributed by atoms with Gasteiger partial charge in [0.2, 0.25) is 0 Å². The summed E-state index contributed by atoms with van der Waals surface area (Å²) in [6, 6.07) is 0. The second kappa shape index (κ2) is 52.1. The molecule has 0 aliphatic carbocycles. The molecule has 0 saturated heterocycles. The average molecular weight is 1540 g/mol. The molecule has 0 aliphatic heterocycles. The van der Waals surface area contributed by atoms with E-state index in [0.29, 0.717) is 33.1 Å². The molecule has 0 unspecified atom stereocenters. The van der Waals surface area contributed by atoms with E-state index in [1.807, 2.05) is 27.7 Å². The van der Waals surface area contributed by atoms with Crippen molar-refractivity contribution in [2.24, 2.45) is 0 Å². The number of rotatable bonds is 42. The van der Waals surface area contributed by atoms with Crippen LogP contribution in [0.15, 0.2) is 25.3 Å². The molecular formula is C52H100F18O18P6. The van der Waals surface area contributed by atoms with Crippen molar-refractivity contribution in [3.63, 3.8) is 0 Å². The molecule has 0 heterocycles. The third-order valence-electron chi connectivity index (χ3n) is 9.74. The normalized spacial score (nSPS) is 13.2. The fraction of sp³-hybridized carbons (Fsp3) is 0.923. The van der Waals surface area contributed by atoms with Gasteiger partial charge in [0, 0.05) is 40.0 Å². The van der Waals surface area contributed by atoms with Gasteiger partial charge in [-0.1, -0.05) is 116 Å². The van der Waals surface area contributed by atoms with Crippen LogP contribution in [0.3, 0.4) is 0 Å². The highest BCUT2D eigenvalue weighted by molar-refractivity contribution is 7.54. The molecule has 0 radical (unpaired) electrons. The van der Waals surface area contributed by atoms with Crippen LogP contribution in [0, 0.1) is 0 Å². The Morgan fingerprint density at radius 2 is 0.543 bits per heavy atom. The standard InChI is InChI=1S/C21H45O3P.C7H5F12O3P.C7H17O3P.C7H13O3P.C5H7F6O3P.C5H13O3P/c1-4-6-8-10-12-14-16-18-20-23-25(3,22)24-21-19-17-15-13-11-9-7-5-2;1-23(20,21-2(4(8,9)10)5(11,12)13)22-3(6(14,15)16)7(17,18)19;1-6(2)9-11(5,8)10-7(3)4;1-4-6-9-11(3,8)10-7-5-2;1-15(12,13-2-4(6,7)8)14-3-5(9,10)11;1-4-7-9(3,6)8-5-2/h4-21H2,1-3H3;2-3H,1H3;6-7H,1-5H3;4-5H,1-2,6-7H2,3H3;2-3H2,1H3;4-5H2,1-3H3. The molecule has 0 saturated carbocycles. The molecule has 0 aromatic heterocycles. The van der Waals surface area contributed by atoms with Gasteiger partial charge in [-0.05, 0) is 54.4 Å². The Morgan fingerprint density at radius 1 is 0.319 bits per heavy atom. The van der Waals surface area contributed by atoms with Gasteiger partial charge in [-0.15, -0.1) is 13.2 Å². The zero-order valence-electron chi connectivity index (χ0n) is 55.7. The summed E-state index contributed by atoms with van der Waals surface area (Å²) in [7, 11) is -21.6. The Labute approximate surface area is 542 Å². The first-order valence-corrected chi connectivity index (χ1v) is 41.2. The van der Waals surface area contributed by atoms with E-state index in [-0.39, 0.29) is 32.1 Å². The highest BCUT2D eigenvalue weighted by Gasteiger charge is 2.64. The van der Waals surface area contributed by atoms with E-state index in [2.05, 4.69) is 45.1 Å². The number of hydrogen-bond acceptors (Lipinski definition) is 18. The fourth-order valence-electron chi connectivity index (χ4n) is 6.12. The van der Waals surface area contributed by atoms with Crippen LogP contribution in [-0.4, -0.2) is 154 Å². The Morgan fingerprint density at radius 3 is 0.766 bits per heavy atom. The zero-order valence-corrected chi connectivity index (χ0v) is 61.1. The second-order valence-electron chi connectivity index (χ2n) is 20.5. The lowest BCUT2D eigenvalue weighted by Gasteiger charge is -2.29. The average Bonchev–Trinajstić information content (AvgIpc) is 0.796. The monoisotopic (exact) mass is 1540 g/mol. The number of unbranched alkanes of at least 4 members (excludes halogenated alkanes) is 14. The van der Waals surface area contributed by atoms with Gasteiger partial charge in [0.25, 0.3) is 12.2 Å². The molecular weight excluding hydrogens is 1440 g/mol. The van der Waals surface area contributed by atoms with Crippen LogP contribution >= 0.6 is 45.6 Å². The third-order valence-corrected chi connectivity index (χ3v) is 17.7. The van der Waals surface area contributed by atoms with Crippen LogP contribution in [0.1, 0.15) is 158 Å². The van der Waals surface area contributed by atoms with Crippen molar-refractivity contribution >= 4 is 45.6 Å². The van der Waals surface area contributed by atoms with Crippen molar-refractivity contribution in [1.29, 1.82) is 0 Å². The van der Waals surface area contributed by atoms with Crippen molar-refractivity contribution in [2.45, 2.75) is 220 Å². The molecule has 0 atom stereocenters. The maximum atomic E-state index is 12.2. The van der Waals surface area contributed by atoms with Gasteiger partial charge >= 0.3 is 82.6 Å². The van der Waals surface area contributed by atoms with Crippen molar-refractivity contribution in [2.75, 3.05) is 92.8 Å². The predicted molar refractivity (Wildman–Crippen MR) is 324 cm³/mol. The smallest absolute Gasteiger partial charge is 0.309 e. The Hall–Kier alpha value is -0.880. The molecule has 0 aliphatic rings. The van der Waals surface area contributed by atoms with Gasteiger partial charge in [-0.3, -0.25) is 45.5 Å². The summed E-state index contributed by atoms with van der Waals surface area (Å²) in [5.41, 5.74) is 0. The van der Waals surface area contributed by atoms with Crippen LogP contribution in [-0.2, 0) is 81.7 Å². The van der Waals surface area contributed by atoms with E-state index in [1.54, 1.807) is 20.5 Å². The van der Waals surface area contributed by atoms with Gasteiger partial charge < -0.3 is 36.2 Å². The van der Waals surface area contributed by atoms with Gasteiger partial charge in [-0.25, -0.2) is 0 Å². The molecule has 0 aromatic carbocycles. The molecule has 572 valence electrons. The maximum Gasteiger partial charge on any atom is 0.424 e. The Bertz CT molecular complexity index is 2070. The van der Waals surface area contributed by atoms with E-state index in [4.69, 9.17) is 36.2 Å². The lowest BCUT2D eigenvalue weighted by molar-refractivity contribution is -0.313. The predicted octanol–water partition coefficient (Wildman–Crippen LogP) is 22.7. The highest BCUT2D eigenvalue weighted by atomic mass is 31.2. The molecule has 0 N–H and O–H groups in total. The summed E-state index contributed by atoms with van der Waals surface area (Å²) < 4.78 is 336. The van der Waals surface area contributed by atoms with Crippen molar-refractivity contribution in [3.8, 4) is 0 Å². The first-order valence-electron chi connectivity index (χ1n) is 29.3. The summed E-state index contributed by atoms with van der Waals surface area (Å²) in [6.07, 6.45) is -21.4. The van der Waals surface area contributed by atoms with Crippen LogP contribution in [0.2, 0.25) is 0 Å². The lowest BCUT2D eigenvalue weighted by Crippen LogP contribution is -2.46. The van der Waals surface area contributed by atoms with Crippen molar-refractivity contribution in [1.82, 2.24) is 0 Å².